The maximum atomic E-state index is 5.84. The minimum Gasteiger partial charge on any atom is -0.328 e. The molecule has 0 aliphatic heterocycles. The van der Waals surface area contributed by atoms with Crippen molar-refractivity contribution in [3.63, 3.8) is 0 Å². The van der Waals surface area contributed by atoms with Crippen LogP contribution < -0.4 is 11.1 Å². The van der Waals surface area contributed by atoms with Crippen LogP contribution in [0.3, 0.4) is 0 Å². The van der Waals surface area contributed by atoms with Crippen LogP contribution in [0.1, 0.15) is 24.1 Å². The number of hydrogen-bond donors (Lipinski definition) is 2. The highest BCUT2D eigenvalue weighted by Crippen LogP contribution is 2.18. The molecule has 2 nitrogen and oxygen atoms in total. The Morgan fingerprint density at radius 1 is 1.54 bits per heavy atom. The Morgan fingerprint density at radius 3 is 3.08 bits per heavy atom. The molecule has 1 aromatic rings. The fourth-order valence-corrected chi connectivity index (χ4v) is 2.52. The van der Waals surface area contributed by atoms with Crippen molar-refractivity contribution in [1.82, 2.24) is 5.32 Å². The fraction of sp³-hybridized carbons (Fsp3) is 0.600. The predicted octanol–water partition coefficient (Wildman–Crippen LogP) is 1.72. The van der Waals surface area contributed by atoms with Gasteiger partial charge in [-0.25, -0.2) is 0 Å². The average Bonchev–Trinajstić information content (AvgIpc) is 2.71. The first-order valence-corrected chi connectivity index (χ1v) is 5.74. The van der Waals surface area contributed by atoms with E-state index < -0.39 is 0 Å². The first kappa shape index (κ1) is 9.19. The maximum Gasteiger partial charge on any atom is 0.0302 e. The summed E-state index contributed by atoms with van der Waals surface area (Å²) in [4.78, 5) is 1.42. The molecule has 2 unspecified atom stereocenters. The zero-order valence-corrected chi connectivity index (χ0v) is 8.52. The topological polar surface area (TPSA) is 38.0 Å². The van der Waals surface area contributed by atoms with Gasteiger partial charge in [0.2, 0.25) is 0 Å². The molecule has 1 aliphatic carbocycles. The van der Waals surface area contributed by atoms with Gasteiger partial charge in [0, 0.05) is 23.5 Å². The Morgan fingerprint density at radius 2 is 2.46 bits per heavy atom. The van der Waals surface area contributed by atoms with Crippen molar-refractivity contribution in [2.45, 2.75) is 37.9 Å². The molecule has 1 aliphatic rings. The van der Waals surface area contributed by atoms with E-state index in [1.54, 1.807) is 0 Å². The van der Waals surface area contributed by atoms with Crippen molar-refractivity contribution in [2.75, 3.05) is 0 Å². The summed E-state index contributed by atoms with van der Waals surface area (Å²) in [6.07, 6.45) is 3.57. The summed E-state index contributed by atoms with van der Waals surface area (Å²) in [5.74, 6) is 0. The van der Waals surface area contributed by atoms with Gasteiger partial charge in [0.05, 0.1) is 0 Å². The summed E-state index contributed by atoms with van der Waals surface area (Å²) in [7, 11) is 0. The van der Waals surface area contributed by atoms with E-state index in [2.05, 4.69) is 22.8 Å². The summed E-state index contributed by atoms with van der Waals surface area (Å²) in [6.45, 7) is 1.01. The van der Waals surface area contributed by atoms with Gasteiger partial charge in [-0.1, -0.05) is 6.07 Å². The van der Waals surface area contributed by atoms with Gasteiger partial charge in [0.15, 0.2) is 0 Å². The number of rotatable bonds is 3. The zero-order chi connectivity index (χ0) is 9.10. The van der Waals surface area contributed by atoms with Gasteiger partial charge in [0.1, 0.15) is 0 Å². The van der Waals surface area contributed by atoms with E-state index in [0.717, 1.165) is 13.0 Å². The molecule has 1 fully saturated rings. The lowest BCUT2D eigenvalue weighted by molar-refractivity contribution is 0.519. The monoisotopic (exact) mass is 196 g/mol. The van der Waals surface area contributed by atoms with Crippen LogP contribution in [0.15, 0.2) is 17.5 Å². The molecule has 0 aromatic carbocycles. The zero-order valence-electron chi connectivity index (χ0n) is 7.70. The Hall–Kier alpha value is -0.380. The smallest absolute Gasteiger partial charge is 0.0302 e. The lowest BCUT2D eigenvalue weighted by Crippen LogP contribution is -2.27. The molecule has 1 heterocycles. The fourth-order valence-electron chi connectivity index (χ4n) is 1.86. The third-order valence-electron chi connectivity index (χ3n) is 2.62. The normalized spacial score (nSPS) is 28.1. The van der Waals surface area contributed by atoms with E-state index >= 15 is 0 Å². The minimum absolute atomic E-state index is 0.431. The van der Waals surface area contributed by atoms with Crippen LogP contribution in [0.5, 0.6) is 0 Å². The molecule has 72 valence electrons. The van der Waals surface area contributed by atoms with Crippen LogP contribution in [0.4, 0.5) is 0 Å². The van der Waals surface area contributed by atoms with E-state index in [-0.39, 0.29) is 0 Å². The highest BCUT2D eigenvalue weighted by Gasteiger charge is 2.20. The highest BCUT2D eigenvalue weighted by molar-refractivity contribution is 7.09. The second kappa shape index (κ2) is 4.22. The van der Waals surface area contributed by atoms with Gasteiger partial charge in [-0.15, -0.1) is 11.3 Å². The van der Waals surface area contributed by atoms with Crippen LogP contribution in [0.25, 0.3) is 0 Å². The Labute approximate surface area is 83.1 Å². The summed E-state index contributed by atoms with van der Waals surface area (Å²) < 4.78 is 0. The van der Waals surface area contributed by atoms with Crippen LogP contribution in [-0.4, -0.2) is 12.1 Å². The third-order valence-corrected chi connectivity index (χ3v) is 3.49. The second-order valence-corrected chi connectivity index (χ2v) is 4.76. The molecule has 0 saturated heterocycles. The second-order valence-electron chi connectivity index (χ2n) is 3.73. The molecule has 0 radical (unpaired) electrons. The molecule has 3 N–H and O–H groups in total. The first-order valence-electron chi connectivity index (χ1n) is 4.86. The number of hydrogen-bond acceptors (Lipinski definition) is 3. The van der Waals surface area contributed by atoms with Crippen molar-refractivity contribution < 1.29 is 0 Å². The van der Waals surface area contributed by atoms with Gasteiger partial charge in [-0.3, -0.25) is 0 Å². The van der Waals surface area contributed by atoms with Gasteiger partial charge in [0.25, 0.3) is 0 Å². The lowest BCUT2D eigenvalue weighted by atomic mass is 10.2. The molecular formula is C10H16N2S. The van der Waals surface area contributed by atoms with Crippen LogP contribution in [-0.2, 0) is 6.54 Å². The summed E-state index contributed by atoms with van der Waals surface area (Å²) >= 11 is 1.81. The van der Waals surface area contributed by atoms with E-state index in [0.29, 0.717) is 12.1 Å². The standard InChI is InChI=1S/C10H16N2S/c11-8-3-4-9(6-8)12-7-10-2-1-5-13-10/h1-2,5,8-9,12H,3-4,6-7,11H2. The number of nitrogens with one attached hydrogen (secondary N) is 1. The SMILES string of the molecule is NC1CCC(NCc2cccs2)C1. The van der Waals surface area contributed by atoms with E-state index in [9.17, 15) is 0 Å². The molecule has 0 spiro atoms. The van der Waals surface area contributed by atoms with Crippen molar-refractivity contribution >= 4 is 11.3 Å². The van der Waals surface area contributed by atoms with Gasteiger partial charge < -0.3 is 11.1 Å². The first-order chi connectivity index (χ1) is 6.34. The van der Waals surface area contributed by atoms with Gasteiger partial charge in [-0.05, 0) is 30.7 Å². The summed E-state index contributed by atoms with van der Waals surface area (Å²) in [6, 6.07) is 5.35. The average molecular weight is 196 g/mol. The molecule has 3 heteroatoms. The van der Waals surface area contributed by atoms with Crippen LogP contribution in [0.2, 0.25) is 0 Å². The molecule has 2 rings (SSSR count). The maximum absolute atomic E-state index is 5.84. The Balaban J connectivity index is 1.74. The van der Waals surface area contributed by atoms with Gasteiger partial charge in [-0.2, -0.15) is 0 Å². The summed E-state index contributed by atoms with van der Waals surface area (Å²) in [5, 5.41) is 5.67. The largest absolute Gasteiger partial charge is 0.328 e. The third kappa shape index (κ3) is 2.53. The summed E-state index contributed by atoms with van der Waals surface area (Å²) in [5.41, 5.74) is 5.84. The van der Waals surface area contributed by atoms with Crippen molar-refractivity contribution in [2.24, 2.45) is 5.73 Å². The Kier molecular flexibility index (Phi) is 2.98. The van der Waals surface area contributed by atoms with Crippen LogP contribution >= 0.6 is 11.3 Å². The quantitative estimate of drug-likeness (QED) is 0.772. The van der Waals surface area contributed by atoms with Gasteiger partial charge >= 0.3 is 0 Å². The van der Waals surface area contributed by atoms with E-state index in [4.69, 9.17) is 5.73 Å². The minimum atomic E-state index is 0.431. The molecule has 2 atom stereocenters. The van der Waals surface area contributed by atoms with Crippen molar-refractivity contribution in [3.05, 3.63) is 22.4 Å². The molecular weight excluding hydrogens is 180 g/mol. The molecule has 1 saturated carbocycles. The molecule has 0 amide bonds. The Bertz CT molecular complexity index is 245. The van der Waals surface area contributed by atoms with Crippen LogP contribution in [0, 0.1) is 0 Å². The number of nitrogens with two attached hydrogens (primary N) is 1. The number of thiophene rings is 1. The predicted molar refractivity (Wildman–Crippen MR) is 56.8 cm³/mol. The van der Waals surface area contributed by atoms with Crippen molar-refractivity contribution in [1.29, 1.82) is 0 Å². The lowest BCUT2D eigenvalue weighted by Gasteiger charge is -2.10. The van der Waals surface area contributed by atoms with Crippen molar-refractivity contribution in [3.8, 4) is 0 Å². The molecule has 1 aromatic heterocycles. The molecule has 13 heavy (non-hydrogen) atoms. The highest BCUT2D eigenvalue weighted by atomic mass is 32.1. The van der Waals surface area contributed by atoms with E-state index in [1.165, 1.54) is 17.7 Å². The molecule has 0 bridgehead atoms. The van der Waals surface area contributed by atoms with E-state index in [1.807, 2.05) is 11.3 Å².